The van der Waals surface area contributed by atoms with Gasteiger partial charge in [-0.05, 0) is 29.8 Å². The molecule has 0 atom stereocenters. The molecule has 0 saturated carbocycles. The molecule has 0 unspecified atom stereocenters. The van der Waals surface area contributed by atoms with Crippen molar-refractivity contribution in [2.75, 3.05) is 18.2 Å². The molecule has 0 spiro atoms. The van der Waals surface area contributed by atoms with Crippen LogP contribution >= 0.6 is 0 Å². The summed E-state index contributed by atoms with van der Waals surface area (Å²) in [5.41, 5.74) is 8.77. The van der Waals surface area contributed by atoms with Crippen LogP contribution in [0.5, 0.6) is 0 Å². The smallest absolute Gasteiger partial charge is 0.339 e. The first-order chi connectivity index (χ1) is 9.20. The zero-order valence-electron chi connectivity index (χ0n) is 10.7. The average Bonchev–Trinajstić information content (AvgIpc) is 2.45. The molecule has 0 aliphatic heterocycles. The van der Waals surface area contributed by atoms with Gasteiger partial charge in [0.15, 0.2) is 0 Å². The SMILES string of the molecule is COC(=O)c1ccccc1NCc1cccc(N)c1. The number of carbonyl (C=O) groups is 1. The van der Waals surface area contributed by atoms with E-state index in [1.807, 2.05) is 36.4 Å². The number of nitrogens with one attached hydrogen (secondary N) is 1. The number of nitrogens with two attached hydrogens (primary N) is 1. The highest BCUT2D eigenvalue weighted by Crippen LogP contribution is 2.17. The molecule has 4 nitrogen and oxygen atoms in total. The quantitative estimate of drug-likeness (QED) is 0.652. The molecule has 0 radical (unpaired) electrons. The lowest BCUT2D eigenvalue weighted by Gasteiger charge is -2.10. The van der Waals surface area contributed by atoms with Crippen LogP contribution < -0.4 is 11.1 Å². The summed E-state index contributed by atoms with van der Waals surface area (Å²) in [5.74, 6) is -0.351. The summed E-state index contributed by atoms with van der Waals surface area (Å²) < 4.78 is 4.75. The van der Waals surface area contributed by atoms with Crippen LogP contribution in [0.25, 0.3) is 0 Å². The van der Waals surface area contributed by atoms with Gasteiger partial charge in [0, 0.05) is 17.9 Å². The first kappa shape index (κ1) is 13.0. The van der Waals surface area contributed by atoms with Crippen molar-refractivity contribution in [2.24, 2.45) is 0 Å². The van der Waals surface area contributed by atoms with Crippen LogP contribution in [0, 0.1) is 0 Å². The minimum atomic E-state index is -0.351. The van der Waals surface area contributed by atoms with E-state index in [1.54, 1.807) is 12.1 Å². The number of esters is 1. The maximum atomic E-state index is 11.6. The lowest BCUT2D eigenvalue weighted by atomic mass is 10.1. The van der Waals surface area contributed by atoms with Crippen molar-refractivity contribution >= 4 is 17.3 Å². The molecule has 0 bridgehead atoms. The Morgan fingerprint density at radius 2 is 2.00 bits per heavy atom. The number of carbonyl (C=O) groups excluding carboxylic acids is 1. The van der Waals surface area contributed by atoms with E-state index in [2.05, 4.69) is 5.32 Å². The molecule has 0 amide bonds. The number of para-hydroxylation sites is 1. The Labute approximate surface area is 112 Å². The van der Waals surface area contributed by atoms with E-state index in [1.165, 1.54) is 7.11 Å². The highest BCUT2D eigenvalue weighted by molar-refractivity contribution is 5.95. The van der Waals surface area contributed by atoms with Crippen LogP contribution in [0.2, 0.25) is 0 Å². The summed E-state index contributed by atoms with van der Waals surface area (Å²) in [4.78, 5) is 11.6. The second kappa shape index (κ2) is 5.91. The maximum absolute atomic E-state index is 11.6. The van der Waals surface area contributed by atoms with E-state index in [9.17, 15) is 4.79 Å². The second-order valence-electron chi connectivity index (χ2n) is 4.14. The Bertz CT molecular complexity index is 582. The maximum Gasteiger partial charge on any atom is 0.339 e. The van der Waals surface area contributed by atoms with E-state index < -0.39 is 0 Å². The van der Waals surface area contributed by atoms with Crippen LogP contribution in [0.15, 0.2) is 48.5 Å². The zero-order valence-corrected chi connectivity index (χ0v) is 10.7. The van der Waals surface area contributed by atoms with Gasteiger partial charge in [-0.2, -0.15) is 0 Å². The van der Waals surface area contributed by atoms with Crippen LogP contribution in [0.3, 0.4) is 0 Å². The topological polar surface area (TPSA) is 64.3 Å². The number of benzene rings is 2. The molecule has 3 N–H and O–H groups in total. The highest BCUT2D eigenvalue weighted by Gasteiger charge is 2.10. The summed E-state index contributed by atoms with van der Waals surface area (Å²) in [5, 5.41) is 3.22. The largest absolute Gasteiger partial charge is 0.465 e. The van der Waals surface area contributed by atoms with Crippen molar-refractivity contribution in [2.45, 2.75) is 6.54 Å². The molecule has 4 heteroatoms. The molecule has 2 aromatic carbocycles. The molecule has 0 aliphatic carbocycles. The second-order valence-corrected chi connectivity index (χ2v) is 4.14. The number of rotatable bonds is 4. The fourth-order valence-corrected chi connectivity index (χ4v) is 1.83. The van der Waals surface area contributed by atoms with Gasteiger partial charge in [0.1, 0.15) is 0 Å². The molecule has 0 aromatic heterocycles. The summed E-state index contributed by atoms with van der Waals surface area (Å²) in [6, 6.07) is 14.9. The predicted molar refractivity (Wildman–Crippen MR) is 76.0 cm³/mol. The number of hydrogen-bond donors (Lipinski definition) is 2. The molecular formula is C15H16N2O2. The van der Waals surface area contributed by atoms with Gasteiger partial charge in [0.05, 0.1) is 12.7 Å². The van der Waals surface area contributed by atoms with Gasteiger partial charge in [0.25, 0.3) is 0 Å². The monoisotopic (exact) mass is 256 g/mol. The average molecular weight is 256 g/mol. The summed E-state index contributed by atoms with van der Waals surface area (Å²) in [6.07, 6.45) is 0. The Hall–Kier alpha value is -2.49. The lowest BCUT2D eigenvalue weighted by molar-refractivity contribution is 0.0602. The van der Waals surface area contributed by atoms with Crippen LogP contribution in [-0.4, -0.2) is 13.1 Å². The van der Waals surface area contributed by atoms with Gasteiger partial charge in [-0.1, -0.05) is 24.3 Å². The molecule has 19 heavy (non-hydrogen) atoms. The first-order valence-corrected chi connectivity index (χ1v) is 5.96. The Balaban J connectivity index is 2.13. The van der Waals surface area contributed by atoms with E-state index in [0.29, 0.717) is 12.1 Å². The number of nitrogen functional groups attached to an aromatic ring is 1. The molecule has 0 saturated heterocycles. The molecule has 0 fully saturated rings. The summed E-state index contributed by atoms with van der Waals surface area (Å²) >= 11 is 0. The molecule has 0 aliphatic rings. The number of ether oxygens (including phenoxy) is 1. The summed E-state index contributed by atoms with van der Waals surface area (Å²) in [6.45, 7) is 0.596. The standard InChI is InChI=1S/C15H16N2O2/c1-19-15(18)13-7-2-3-8-14(13)17-10-11-5-4-6-12(16)9-11/h2-9,17H,10,16H2,1H3. The Morgan fingerprint density at radius 1 is 1.21 bits per heavy atom. The van der Waals surface area contributed by atoms with Gasteiger partial charge in [-0.25, -0.2) is 4.79 Å². The number of methoxy groups -OCH3 is 1. The normalized spacial score (nSPS) is 9.95. The van der Waals surface area contributed by atoms with Crippen LogP contribution in [0.1, 0.15) is 15.9 Å². The van der Waals surface area contributed by atoms with Gasteiger partial charge in [0.2, 0.25) is 0 Å². The Morgan fingerprint density at radius 3 is 2.74 bits per heavy atom. The minimum absolute atomic E-state index is 0.351. The molecule has 98 valence electrons. The van der Waals surface area contributed by atoms with Crippen molar-refractivity contribution < 1.29 is 9.53 Å². The predicted octanol–water partition coefficient (Wildman–Crippen LogP) is 2.67. The zero-order chi connectivity index (χ0) is 13.7. The molecule has 2 aromatic rings. The third kappa shape index (κ3) is 3.25. The highest BCUT2D eigenvalue weighted by atomic mass is 16.5. The number of hydrogen-bond acceptors (Lipinski definition) is 4. The van der Waals surface area contributed by atoms with E-state index in [0.717, 1.165) is 16.9 Å². The van der Waals surface area contributed by atoms with Crippen molar-refractivity contribution in [3.05, 3.63) is 59.7 Å². The van der Waals surface area contributed by atoms with Crippen molar-refractivity contribution in [1.82, 2.24) is 0 Å². The minimum Gasteiger partial charge on any atom is -0.465 e. The van der Waals surface area contributed by atoms with Gasteiger partial charge in [-0.3, -0.25) is 0 Å². The van der Waals surface area contributed by atoms with Crippen molar-refractivity contribution in [1.29, 1.82) is 0 Å². The first-order valence-electron chi connectivity index (χ1n) is 5.96. The molecule has 0 heterocycles. The van der Waals surface area contributed by atoms with Gasteiger partial charge in [-0.15, -0.1) is 0 Å². The van der Waals surface area contributed by atoms with Gasteiger partial charge < -0.3 is 15.8 Å². The summed E-state index contributed by atoms with van der Waals surface area (Å²) in [7, 11) is 1.37. The fraction of sp³-hybridized carbons (Fsp3) is 0.133. The van der Waals surface area contributed by atoms with Crippen LogP contribution in [-0.2, 0) is 11.3 Å². The Kier molecular flexibility index (Phi) is 4.03. The fourth-order valence-electron chi connectivity index (χ4n) is 1.83. The van der Waals surface area contributed by atoms with Crippen LogP contribution in [0.4, 0.5) is 11.4 Å². The molecular weight excluding hydrogens is 240 g/mol. The third-order valence-corrected chi connectivity index (χ3v) is 2.77. The molecule has 2 rings (SSSR count). The van der Waals surface area contributed by atoms with Crippen molar-refractivity contribution in [3.63, 3.8) is 0 Å². The van der Waals surface area contributed by atoms with Crippen molar-refractivity contribution in [3.8, 4) is 0 Å². The third-order valence-electron chi connectivity index (χ3n) is 2.77. The lowest BCUT2D eigenvalue weighted by Crippen LogP contribution is -2.08. The van der Waals surface area contributed by atoms with E-state index in [-0.39, 0.29) is 5.97 Å². The van der Waals surface area contributed by atoms with E-state index in [4.69, 9.17) is 10.5 Å². The van der Waals surface area contributed by atoms with Gasteiger partial charge >= 0.3 is 5.97 Å². The number of anilines is 2. The van der Waals surface area contributed by atoms with E-state index >= 15 is 0 Å².